The highest BCUT2D eigenvalue weighted by Crippen LogP contribution is 2.49. The van der Waals surface area contributed by atoms with E-state index in [1.54, 1.807) is 6.08 Å². The zero-order valence-corrected chi connectivity index (χ0v) is 10.3. The molecule has 0 unspecified atom stereocenters. The van der Waals surface area contributed by atoms with E-state index in [1.165, 1.54) is 0 Å². The lowest BCUT2D eigenvalue weighted by atomic mass is 9.58. The van der Waals surface area contributed by atoms with Gasteiger partial charge in [0, 0.05) is 0 Å². The molecule has 0 heterocycles. The van der Waals surface area contributed by atoms with Crippen LogP contribution in [0.2, 0.25) is 0 Å². The van der Waals surface area contributed by atoms with E-state index < -0.39 is 5.41 Å². The third-order valence-corrected chi connectivity index (χ3v) is 3.85. The predicted molar refractivity (Wildman–Crippen MR) is 63.6 cm³/mol. The van der Waals surface area contributed by atoms with Crippen LogP contribution in [0.5, 0.6) is 0 Å². The van der Waals surface area contributed by atoms with Crippen LogP contribution in [0.25, 0.3) is 0 Å². The fraction of sp³-hybridized carbons (Fsp3) is 0.571. The van der Waals surface area contributed by atoms with Gasteiger partial charge in [-0.1, -0.05) is 19.9 Å². The molecule has 1 nitrogen and oxygen atoms in total. The second kappa shape index (κ2) is 3.83. The Kier molecular flexibility index (Phi) is 3.06. The minimum Gasteiger partial charge on any atom is -0.294 e. The molecule has 0 bridgehead atoms. The van der Waals surface area contributed by atoms with Gasteiger partial charge in [0.15, 0.2) is 5.78 Å². The summed E-state index contributed by atoms with van der Waals surface area (Å²) in [5.41, 5.74) is 3.81. The van der Waals surface area contributed by atoms with E-state index >= 15 is 0 Å². The molecule has 15 heavy (non-hydrogen) atoms. The molecular weight excluding hydrogens is 184 g/mol. The van der Waals surface area contributed by atoms with Gasteiger partial charge >= 0.3 is 0 Å². The molecule has 0 fully saturated rings. The van der Waals surface area contributed by atoms with Gasteiger partial charge in [0.05, 0.1) is 5.41 Å². The quantitative estimate of drug-likeness (QED) is 0.495. The van der Waals surface area contributed by atoms with Crippen LogP contribution in [-0.2, 0) is 4.79 Å². The Labute approximate surface area is 92.6 Å². The standard InChI is InChI=1S/C14H20O/c1-6-8-12(15)14(5)11(2)9-7-10-13(14,3)4/h6-8H,10H2,1-5H3/b8-6+/t14-/m0/s1. The van der Waals surface area contributed by atoms with Crippen LogP contribution in [0.1, 0.15) is 41.0 Å². The molecular formula is C14H20O. The second-order valence-corrected chi connectivity index (χ2v) is 5.05. The van der Waals surface area contributed by atoms with Crippen molar-refractivity contribution in [1.29, 1.82) is 0 Å². The zero-order chi connectivity index (χ0) is 11.7. The Morgan fingerprint density at radius 2 is 2.07 bits per heavy atom. The van der Waals surface area contributed by atoms with E-state index in [9.17, 15) is 4.79 Å². The maximum absolute atomic E-state index is 12.2. The summed E-state index contributed by atoms with van der Waals surface area (Å²) in [4.78, 5) is 12.2. The average Bonchev–Trinajstić information content (AvgIpc) is 2.14. The van der Waals surface area contributed by atoms with Crippen LogP contribution in [-0.4, -0.2) is 5.78 Å². The third kappa shape index (κ3) is 1.72. The normalized spacial score (nSPS) is 29.3. The van der Waals surface area contributed by atoms with Crippen molar-refractivity contribution in [3.63, 3.8) is 0 Å². The van der Waals surface area contributed by atoms with Crippen LogP contribution in [0.4, 0.5) is 0 Å². The highest BCUT2D eigenvalue weighted by molar-refractivity contribution is 5.97. The van der Waals surface area contributed by atoms with Crippen molar-refractivity contribution in [2.24, 2.45) is 10.8 Å². The van der Waals surface area contributed by atoms with Crippen molar-refractivity contribution < 1.29 is 4.79 Å². The first-order valence-electron chi connectivity index (χ1n) is 5.45. The molecule has 0 aromatic carbocycles. The molecule has 0 saturated heterocycles. The molecule has 1 aliphatic carbocycles. The molecule has 82 valence electrons. The summed E-state index contributed by atoms with van der Waals surface area (Å²) in [6, 6.07) is 0. The molecule has 1 rings (SSSR count). The van der Waals surface area contributed by atoms with Gasteiger partial charge in [-0.05, 0) is 50.3 Å². The Bertz CT molecular complexity index is 365. The predicted octanol–water partition coefficient (Wildman–Crippen LogP) is 3.67. The Hall–Kier alpha value is -1.07. The van der Waals surface area contributed by atoms with Crippen molar-refractivity contribution >= 4 is 5.78 Å². The summed E-state index contributed by atoms with van der Waals surface area (Å²) in [5.74, 6) is 0.188. The first kappa shape index (κ1) is 12.0. The SMILES string of the molecule is C/C=C/C(=O)[C@]1(C)C(C)=C=CCC1(C)C. The largest absolute Gasteiger partial charge is 0.294 e. The number of carbonyl (C=O) groups is 1. The first-order chi connectivity index (χ1) is 6.86. The number of hydrogen-bond acceptors (Lipinski definition) is 1. The van der Waals surface area contributed by atoms with E-state index in [0.717, 1.165) is 12.0 Å². The fourth-order valence-electron chi connectivity index (χ4n) is 2.15. The number of rotatable bonds is 2. The summed E-state index contributed by atoms with van der Waals surface area (Å²) in [6.07, 6.45) is 6.44. The minimum absolute atomic E-state index is 0.0288. The molecule has 0 aromatic rings. The smallest absolute Gasteiger partial charge is 0.166 e. The Morgan fingerprint density at radius 3 is 2.53 bits per heavy atom. The number of ketones is 1. The molecule has 0 amide bonds. The number of allylic oxidation sites excluding steroid dienone is 3. The number of hydrogen-bond donors (Lipinski definition) is 0. The van der Waals surface area contributed by atoms with Crippen LogP contribution in [0, 0.1) is 10.8 Å². The van der Waals surface area contributed by atoms with Gasteiger partial charge in [-0.2, -0.15) is 0 Å². The van der Waals surface area contributed by atoms with E-state index in [4.69, 9.17) is 0 Å². The Morgan fingerprint density at radius 1 is 1.47 bits per heavy atom. The first-order valence-corrected chi connectivity index (χ1v) is 5.45. The van der Waals surface area contributed by atoms with Gasteiger partial charge in [-0.3, -0.25) is 4.79 Å². The topological polar surface area (TPSA) is 17.1 Å². The van der Waals surface area contributed by atoms with E-state index in [1.807, 2.05) is 32.9 Å². The number of carbonyl (C=O) groups excluding carboxylic acids is 1. The van der Waals surface area contributed by atoms with Gasteiger partial charge in [0.25, 0.3) is 0 Å². The summed E-state index contributed by atoms with van der Waals surface area (Å²) < 4.78 is 0. The van der Waals surface area contributed by atoms with Crippen LogP contribution in [0.3, 0.4) is 0 Å². The van der Waals surface area contributed by atoms with Crippen LogP contribution < -0.4 is 0 Å². The summed E-state index contributed by atoms with van der Waals surface area (Å²) >= 11 is 0. The van der Waals surface area contributed by atoms with Gasteiger partial charge < -0.3 is 0 Å². The van der Waals surface area contributed by atoms with Gasteiger partial charge in [0.2, 0.25) is 0 Å². The maximum atomic E-state index is 12.2. The molecule has 1 heteroatoms. The van der Waals surface area contributed by atoms with Gasteiger partial charge in [0.1, 0.15) is 0 Å². The van der Waals surface area contributed by atoms with Crippen molar-refractivity contribution in [2.45, 2.75) is 41.0 Å². The summed E-state index contributed by atoms with van der Waals surface area (Å²) in [5, 5.41) is 0. The maximum Gasteiger partial charge on any atom is 0.166 e. The molecule has 0 aliphatic heterocycles. The lowest BCUT2D eigenvalue weighted by Gasteiger charge is -2.44. The zero-order valence-electron chi connectivity index (χ0n) is 10.3. The van der Waals surface area contributed by atoms with E-state index in [-0.39, 0.29) is 11.2 Å². The van der Waals surface area contributed by atoms with Crippen LogP contribution >= 0.6 is 0 Å². The Balaban J connectivity index is 3.29. The molecule has 1 aliphatic rings. The average molecular weight is 204 g/mol. The molecule has 0 spiro atoms. The van der Waals surface area contributed by atoms with Crippen molar-refractivity contribution in [1.82, 2.24) is 0 Å². The van der Waals surface area contributed by atoms with E-state index in [0.29, 0.717) is 0 Å². The lowest BCUT2D eigenvalue weighted by Crippen LogP contribution is -2.43. The third-order valence-electron chi connectivity index (χ3n) is 3.85. The van der Waals surface area contributed by atoms with Gasteiger partial charge in [-0.25, -0.2) is 0 Å². The van der Waals surface area contributed by atoms with Gasteiger partial charge in [-0.15, -0.1) is 5.73 Å². The summed E-state index contributed by atoms with van der Waals surface area (Å²) in [7, 11) is 0. The molecule has 0 N–H and O–H groups in total. The molecule has 0 aromatic heterocycles. The molecule has 0 saturated carbocycles. The second-order valence-electron chi connectivity index (χ2n) is 5.05. The highest BCUT2D eigenvalue weighted by atomic mass is 16.1. The lowest BCUT2D eigenvalue weighted by molar-refractivity contribution is -0.126. The fourth-order valence-corrected chi connectivity index (χ4v) is 2.15. The van der Waals surface area contributed by atoms with Crippen LogP contribution in [0.15, 0.2) is 29.5 Å². The highest BCUT2D eigenvalue weighted by Gasteiger charge is 2.47. The molecule has 1 atom stereocenters. The van der Waals surface area contributed by atoms with Crippen molar-refractivity contribution in [3.8, 4) is 0 Å². The molecule has 0 radical (unpaired) electrons. The monoisotopic (exact) mass is 204 g/mol. The van der Waals surface area contributed by atoms with Crippen molar-refractivity contribution in [3.05, 3.63) is 29.5 Å². The summed E-state index contributed by atoms with van der Waals surface area (Å²) in [6.45, 7) is 10.2. The van der Waals surface area contributed by atoms with E-state index in [2.05, 4.69) is 19.6 Å². The van der Waals surface area contributed by atoms with Crippen molar-refractivity contribution in [2.75, 3.05) is 0 Å². The minimum atomic E-state index is -0.408.